The maximum absolute atomic E-state index is 10.7. The van der Waals surface area contributed by atoms with Crippen molar-refractivity contribution in [3.8, 4) is 0 Å². The van der Waals surface area contributed by atoms with E-state index in [-0.39, 0.29) is 12.2 Å². The molecule has 0 aromatic heterocycles. The summed E-state index contributed by atoms with van der Waals surface area (Å²) in [6, 6.07) is 0. The van der Waals surface area contributed by atoms with Crippen LogP contribution in [0.3, 0.4) is 0 Å². The molecule has 0 aromatic rings. The number of carbonyl (C=O) groups excluding carboxylic acids is 1. The Morgan fingerprint density at radius 1 is 1.42 bits per heavy atom. The molecule has 0 aromatic carbocycles. The Bertz CT molecular complexity index is 310. The van der Waals surface area contributed by atoms with E-state index in [0.29, 0.717) is 0 Å². The molecule has 0 saturated heterocycles. The van der Waals surface area contributed by atoms with Crippen molar-refractivity contribution in [1.82, 2.24) is 0 Å². The second-order valence-corrected chi connectivity index (χ2v) is 2.30. The number of rotatable bonds is 1. The molecule has 12 heavy (non-hydrogen) atoms. The zero-order valence-electron chi connectivity index (χ0n) is 5.94. The van der Waals surface area contributed by atoms with Gasteiger partial charge in [-0.05, 0) is 6.08 Å². The van der Waals surface area contributed by atoms with Gasteiger partial charge in [-0.2, -0.15) is 0 Å². The predicted molar refractivity (Wildman–Crippen MR) is 37.6 cm³/mol. The van der Waals surface area contributed by atoms with E-state index in [0.717, 1.165) is 6.08 Å². The Morgan fingerprint density at radius 3 is 2.50 bits per heavy atom. The Kier molecular flexibility index (Phi) is 1.86. The highest BCUT2D eigenvalue weighted by molar-refractivity contribution is 6.05. The third kappa shape index (κ3) is 1.29. The van der Waals surface area contributed by atoms with Crippen molar-refractivity contribution < 1.29 is 24.9 Å². The fourth-order valence-electron chi connectivity index (χ4n) is 0.847. The fourth-order valence-corrected chi connectivity index (χ4v) is 0.847. The minimum Gasteiger partial charge on any atom is -0.512 e. The zero-order valence-corrected chi connectivity index (χ0v) is 5.94. The first-order valence-corrected chi connectivity index (χ1v) is 3.11. The molecule has 0 heterocycles. The standard InChI is InChI=1S/C7H6O5/c8-3-1-4(7(11)12)6(10)5(9)2-3/h1,8,10H,2H2,(H,11,12). The number of Topliss-reactive ketones (excluding diaryl/α,β-unsaturated/α-hetero) is 1. The van der Waals surface area contributed by atoms with Gasteiger partial charge >= 0.3 is 5.97 Å². The molecule has 0 radical (unpaired) electrons. The molecule has 0 atom stereocenters. The van der Waals surface area contributed by atoms with E-state index in [2.05, 4.69) is 0 Å². The number of hydrogen-bond donors (Lipinski definition) is 3. The largest absolute Gasteiger partial charge is 0.512 e. The van der Waals surface area contributed by atoms with Gasteiger partial charge in [-0.1, -0.05) is 0 Å². The van der Waals surface area contributed by atoms with Gasteiger partial charge in [0.2, 0.25) is 5.78 Å². The van der Waals surface area contributed by atoms with Gasteiger partial charge in [0.25, 0.3) is 0 Å². The van der Waals surface area contributed by atoms with Crippen LogP contribution in [0.15, 0.2) is 23.2 Å². The number of aliphatic hydroxyl groups excluding tert-OH is 2. The van der Waals surface area contributed by atoms with Crippen molar-refractivity contribution in [3.63, 3.8) is 0 Å². The lowest BCUT2D eigenvalue weighted by molar-refractivity contribution is -0.133. The third-order valence-electron chi connectivity index (χ3n) is 1.40. The van der Waals surface area contributed by atoms with Gasteiger partial charge in [-0.25, -0.2) is 4.79 Å². The topological polar surface area (TPSA) is 94.8 Å². The van der Waals surface area contributed by atoms with Crippen LogP contribution in [0.5, 0.6) is 0 Å². The van der Waals surface area contributed by atoms with Crippen molar-refractivity contribution in [1.29, 1.82) is 0 Å². The average molecular weight is 170 g/mol. The fraction of sp³-hybridized carbons (Fsp3) is 0.143. The highest BCUT2D eigenvalue weighted by Crippen LogP contribution is 2.17. The highest BCUT2D eigenvalue weighted by atomic mass is 16.4. The molecule has 0 fully saturated rings. The van der Waals surface area contributed by atoms with Gasteiger partial charge in [-0.3, -0.25) is 4.79 Å². The number of ketones is 1. The summed E-state index contributed by atoms with van der Waals surface area (Å²) in [4.78, 5) is 21.1. The Labute approximate surface area is 67.2 Å². The first kappa shape index (κ1) is 8.32. The average Bonchev–Trinajstić information content (AvgIpc) is 1.96. The van der Waals surface area contributed by atoms with Crippen molar-refractivity contribution in [2.45, 2.75) is 6.42 Å². The SMILES string of the molecule is O=C(O)C1=C(O)C(=O)CC(O)=C1. The summed E-state index contributed by atoms with van der Waals surface area (Å²) < 4.78 is 0. The highest BCUT2D eigenvalue weighted by Gasteiger charge is 2.24. The minimum absolute atomic E-state index is 0.345. The Hall–Kier alpha value is -1.78. The Morgan fingerprint density at radius 2 is 2.00 bits per heavy atom. The number of carboxylic acid groups (broad SMARTS) is 1. The molecule has 64 valence electrons. The number of carboxylic acids is 1. The first-order valence-electron chi connectivity index (χ1n) is 3.11. The number of carbonyl (C=O) groups is 2. The molecule has 0 unspecified atom stereocenters. The second-order valence-electron chi connectivity index (χ2n) is 2.30. The molecule has 5 nitrogen and oxygen atoms in total. The third-order valence-corrected chi connectivity index (χ3v) is 1.40. The van der Waals surface area contributed by atoms with Crippen molar-refractivity contribution in [3.05, 3.63) is 23.2 Å². The molecular weight excluding hydrogens is 164 g/mol. The van der Waals surface area contributed by atoms with Crippen LogP contribution in [0.2, 0.25) is 0 Å². The van der Waals surface area contributed by atoms with Crippen LogP contribution < -0.4 is 0 Å². The van der Waals surface area contributed by atoms with Crippen LogP contribution in [0.25, 0.3) is 0 Å². The van der Waals surface area contributed by atoms with Gasteiger partial charge in [0.15, 0.2) is 5.76 Å². The molecule has 1 rings (SSSR count). The van der Waals surface area contributed by atoms with Crippen LogP contribution in [-0.4, -0.2) is 27.1 Å². The molecule has 0 amide bonds. The number of aliphatic carboxylic acids is 1. The minimum atomic E-state index is -1.44. The van der Waals surface area contributed by atoms with E-state index in [9.17, 15) is 9.59 Å². The molecule has 1 aliphatic rings. The smallest absolute Gasteiger partial charge is 0.339 e. The van der Waals surface area contributed by atoms with E-state index >= 15 is 0 Å². The summed E-state index contributed by atoms with van der Waals surface area (Å²) in [7, 11) is 0. The molecule has 1 aliphatic carbocycles. The molecule has 0 bridgehead atoms. The molecular formula is C7H6O5. The summed E-state index contributed by atoms with van der Waals surface area (Å²) in [6.45, 7) is 0. The maximum atomic E-state index is 10.7. The van der Waals surface area contributed by atoms with Gasteiger partial charge < -0.3 is 15.3 Å². The lowest BCUT2D eigenvalue weighted by Crippen LogP contribution is -2.15. The molecule has 0 aliphatic heterocycles. The van der Waals surface area contributed by atoms with Crippen LogP contribution in [0.1, 0.15) is 6.42 Å². The quantitative estimate of drug-likeness (QED) is 0.526. The van der Waals surface area contributed by atoms with E-state index in [1.807, 2.05) is 0 Å². The summed E-state index contributed by atoms with van der Waals surface area (Å²) in [5.74, 6) is -3.38. The number of aliphatic hydroxyl groups is 2. The van der Waals surface area contributed by atoms with Gasteiger partial charge in [0.1, 0.15) is 11.3 Å². The number of allylic oxidation sites excluding steroid dienone is 2. The summed E-state index contributed by atoms with van der Waals surface area (Å²) in [5.41, 5.74) is -0.566. The van der Waals surface area contributed by atoms with Crippen molar-refractivity contribution >= 4 is 11.8 Å². The van der Waals surface area contributed by atoms with Gasteiger partial charge in [-0.15, -0.1) is 0 Å². The maximum Gasteiger partial charge on any atom is 0.339 e. The molecule has 3 N–H and O–H groups in total. The second kappa shape index (κ2) is 2.69. The molecule has 0 spiro atoms. The van der Waals surface area contributed by atoms with Crippen LogP contribution >= 0.6 is 0 Å². The lowest BCUT2D eigenvalue weighted by atomic mass is 10.0. The summed E-state index contributed by atoms with van der Waals surface area (Å²) in [5, 5.41) is 26.2. The van der Waals surface area contributed by atoms with Crippen LogP contribution in [-0.2, 0) is 9.59 Å². The van der Waals surface area contributed by atoms with Crippen LogP contribution in [0, 0.1) is 0 Å². The van der Waals surface area contributed by atoms with Crippen molar-refractivity contribution in [2.75, 3.05) is 0 Å². The Balaban J connectivity index is 3.17. The van der Waals surface area contributed by atoms with Crippen molar-refractivity contribution in [2.24, 2.45) is 0 Å². The molecule has 5 heteroatoms. The number of hydrogen-bond acceptors (Lipinski definition) is 4. The van der Waals surface area contributed by atoms with Gasteiger partial charge in [0, 0.05) is 0 Å². The predicted octanol–water partition coefficient (Wildman–Crippen LogP) is 0.298. The normalized spacial score (nSPS) is 17.7. The summed E-state index contributed by atoms with van der Waals surface area (Å²) in [6.07, 6.45) is 0.516. The van der Waals surface area contributed by atoms with Gasteiger partial charge in [0.05, 0.1) is 6.42 Å². The molecule has 0 saturated carbocycles. The van der Waals surface area contributed by atoms with E-state index in [1.54, 1.807) is 0 Å². The first-order chi connectivity index (χ1) is 5.52. The van der Waals surface area contributed by atoms with Crippen LogP contribution in [0.4, 0.5) is 0 Å². The van der Waals surface area contributed by atoms with E-state index in [1.165, 1.54) is 0 Å². The monoisotopic (exact) mass is 170 g/mol. The van der Waals surface area contributed by atoms with E-state index < -0.39 is 23.1 Å². The lowest BCUT2D eigenvalue weighted by Gasteiger charge is -2.08. The zero-order chi connectivity index (χ0) is 9.30. The summed E-state index contributed by atoms with van der Waals surface area (Å²) >= 11 is 0. The van der Waals surface area contributed by atoms with E-state index in [4.69, 9.17) is 15.3 Å².